The summed E-state index contributed by atoms with van der Waals surface area (Å²) in [5, 5.41) is 3.02. The fourth-order valence-corrected chi connectivity index (χ4v) is 5.86. The van der Waals surface area contributed by atoms with Gasteiger partial charge in [0.05, 0.1) is 0 Å². The Kier molecular flexibility index (Phi) is 9.99. The zero-order chi connectivity index (χ0) is 24.3. The SMILES string of the molecule is C=C/C(=c1/sc(-c2ccc(F)cc2)cc1=C)C(CCC)CCC=CC(=O)/C=C\Cc1cccs1. The Labute approximate surface area is 210 Å². The van der Waals surface area contributed by atoms with Crippen LogP contribution in [0.3, 0.4) is 0 Å². The van der Waals surface area contributed by atoms with Crippen LogP contribution in [0.4, 0.5) is 4.39 Å². The van der Waals surface area contributed by atoms with Gasteiger partial charge in [-0.25, -0.2) is 4.39 Å². The summed E-state index contributed by atoms with van der Waals surface area (Å²) in [5.41, 5.74) is 2.20. The third-order valence-corrected chi connectivity index (χ3v) is 7.82. The Morgan fingerprint density at radius 3 is 2.56 bits per heavy atom. The van der Waals surface area contributed by atoms with Gasteiger partial charge in [-0.2, -0.15) is 0 Å². The zero-order valence-corrected chi connectivity index (χ0v) is 21.3. The number of ketones is 1. The molecule has 0 spiro atoms. The summed E-state index contributed by atoms with van der Waals surface area (Å²) in [4.78, 5) is 14.5. The van der Waals surface area contributed by atoms with Gasteiger partial charge in [0.25, 0.3) is 0 Å². The van der Waals surface area contributed by atoms with E-state index in [1.165, 1.54) is 22.6 Å². The standard InChI is InChI=1S/C30H31FOS2/c1-4-10-23(11-6-7-12-26(32)13-8-14-27-15-9-20-33-27)28(5-2)30-22(3)21-29(34-30)24-16-18-25(31)19-17-24/h5,7-9,12-13,15-21,23H,2-4,6,10-11,14H2,1H3/b12-7?,13-8-,30-28-. The van der Waals surface area contributed by atoms with E-state index in [1.54, 1.807) is 47.0 Å². The summed E-state index contributed by atoms with van der Waals surface area (Å²) in [5.74, 6) is 0.136. The van der Waals surface area contributed by atoms with Crippen LogP contribution in [-0.4, -0.2) is 5.78 Å². The van der Waals surface area contributed by atoms with Gasteiger partial charge in [0.2, 0.25) is 0 Å². The van der Waals surface area contributed by atoms with E-state index in [0.717, 1.165) is 52.3 Å². The van der Waals surface area contributed by atoms with E-state index in [1.807, 2.05) is 29.7 Å². The summed E-state index contributed by atoms with van der Waals surface area (Å²) < 4.78 is 14.5. The van der Waals surface area contributed by atoms with Crippen molar-refractivity contribution in [1.29, 1.82) is 0 Å². The first-order valence-electron chi connectivity index (χ1n) is 11.6. The maximum atomic E-state index is 13.3. The molecule has 1 nitrogen and oxygen atoms in total. The lowest BCUT2D eigenvalue weighted by Crippen LogP contribution is -2.22. The van der Waals surface area contributed by atoms with Gasteiger partial charge in [-0.05, 0) is 83.3 Å². The average molecular weight is 491 g/mol. The lowest BCUT2D eigenvalue weighted by Gasteiger charge is -2.16. The van der Waals surface area contributed by atoms with Crippen LogP contribution in [0, 0.1) is 11.7 Å². The van der Waals surface area contributed by atoms with Crippen molar-refractivity contribution >= 4 is 40.6 Å². The highest BCUT2D eigenvalue weighted by atomic mass is 32.1. The monoisotopic (exact) mass is 490 g/mol. The number of thiophene rings is 2. The largest absolute Gasteiger partial charge is 0.290 e. The second kappa shape index (κ2) is 13.2. The first kappa shape index (κ1) is 25.8. The molecule has 4 heteroatoms. The Balaban J connectivity index is 1.70. The second-order valence-electron chi connectivity index (χ2n) is 8.18. The first-order valence-corrected chi connectivity index (χ1v) is 13.3. The minimum Gasteiger partial charge on any atom is -0.290 e. The number of benzene rings is 1. The van der Waals surface area contributed by atoms with E-state index in [4.69, 9.17) is 0 Å². The van der Waals surface area contributed by atoms with E-state index in [-0.39, 0.29) is 11.6 Å². The van der Waals surface area contributed by atoms with Crippen molar-refractivity contribution in [3.8, 4) is 10.4 Å². The van der Waals surface area contributed by atoms with E-state index in [9.17, 15) is 9.18 Å². The van der Waals surface area contributed by atoms with Crippen molar-refractivity contribution in [1.82, 2.24) is 0 Å². The van der Waals surface area contributed by atoms with Gasteiger partial charge in [0.15, 0.2) is 5.78 Å². The minimum atomic E-state index is -0.235. The molecule has 0 radical (unpaired) electrons. The van der Waals surface area contributed by atoms with Crippen LogP contribution in [0.2, 0.25) is 0 Å². The topological polar surface area (TPSA) is 17.1 Å². The molecule has 0 saturated heterocycles. The molecule has 176 valence electrons. The number of carbonyl (C=O) groups excluding carboxylic acids is 1. The van der Waals surface area contributed by atoms with Gasteiger partial charge in [-0.15, -0.1) is 22.7 Å². The van der Waals surface area contributed by atoms with E-state index in [0.29, 0.717) is 5.92 Å². The summed E-state index contributed by atoms with van der Waals surface area (Å²) in [6, 6.07) is 12.7. The van der Waals surface area contributed by atoms with Crippen molar-refractivity contribution in [2.45, 2.75) is 39.0 Å². The van der Waals surface area contributed by atoms with Crippen molar-refractivity contribution in [2.24, 2.45) is 5.92 Å². The van der Waals surface area contributed by atoms with Crippen molar-refractivity contribution in [2.75, 3.05) is 0 Å². The fourth-order valence-electron chi connectivity index (χ4n) is 3.95. The van der Waals surface area contributed by atoms with Gasteiger partial charge in [0.1, 0.15) is 5.82 Å². The van der Waals surface area contributed by atoms with Crippen LogP contribution in [0.25, 0.3) is 22.6 Å². The highest BCUT2D eigenvalue weighted by molar-refractivity contribution is 7.13. The summed E-state index contributed by atoms with van der Waals surface area (Å²) >= 11 is 3.38. The predicted molar refractivity (Wildman–Crippen MR) is 147 cm³/mol. The second-order valence-corrected chi connectivity index (χ2v) is 10.3. The average Bonchev–Trinajstić information content (AvgIpc) is 3.48. The molecule has 0 bridgehead atoms. The van der Waals surface area contributed by atoms with Gasteiger partial charge >= 0.3 is 0 Å². The van der Waals surface area contributed by atoms with Crippen LogP contribution in [-0.2, 0) is 11.2 Å². The summed E-state index contributed by atoms with van der Waals surface area (Å²) in [6.07, 6.45) is 13.9. The van der Waals surface area contributed by atoms with Gasteiger partial charge < -0.3 is 0 Å². The molecule has 3 rings (SSSR count). The molecule has 0 aliphatic heterocycles. The van der Waals surface area contributed by atoms with Crippen molar-refractivity contribution in [3.05, 3.63) is 105 Å². The quantitative estimate of drug-likeness (QED) is 0.241. The van der Waals surface area contributed by atoms with Crippen LogP contribution >= 0.6 is 22.7 Å². The molecule has 2 heterocycles. The third-order valence-electron chi connectivity index (χ3n) is 5.64. The number of carbonyl (C=O) groups is 1. The zero-order valence-electron chi connectivity index (χ0n) is 19.6. The lowest BCUT2D eigenvalue weighted by atomic mass is 9.89. The Bertz CT molecular complexity index is 1240. The van der Waals surface area contributed by atoms with E-state index >= 15 is 0 Å². The van der Waals surface area contributed by atoms with Crippen LogP contribution in [0.5, 0.6) is 0 Å². The van der Waals surface area contributed by atoms with Crippen LogP contribution in [0.15, 0.2) is 84.8 Å². The molecule has 1 unspecified atom stereocenters. The predicted octanol–water partition coefficient (Wildman–Crippen LogP) is 7.48. The summed E-state index contributed by atoms with van der Waals surface area (Å²) in [6.45, 7) is 10.6. The van der Waals surface area contributed by atoms with Crippen LogP contribution < -0.4 is 9.75 Å². The molecule has 0 saturated carbocycles. The molecule has 2 aromatic heterocycles. The number of halogens is 1. The van der Waals surface area contributed by atoms with Gasteiger partial charge in [-0.3, -0.25) is 4.79 Å². The van der Waals surface area contributed by atoms with Crippen molar-refractivity contribution < 1.29 is 9.18 Å². The molecular weight excluding hydrogens is 459 g/mol. The minimum absolute atomic E-state index is 0.0266. The number of rotatable bonds is 12. The Morgan fingerprint density at radius 1 is 1.12 bits per heavy atom. The highest BCUT2D eigenvalue weighted by Crippen LogP contribution is 2.26. The number of hydrogen-bond donors (Lipinski definition) is 0. The van der Waals surface area contributed by atoms with Crippen LogP contribution in [0.1, 0.15) is 37.5 Å². The number of hydrogen-bond acceptors (Lipinski definition) is 3. The fraction of sp³-hybridized carbons (Fsp3) is 0.233. The third kappa shape index (κ3) is 7.34. The maximum Gasteiger partial charge on any atom is 0.178 e. The molecular formula is C30H31FOS2. The van der Waals surface area contributed by atoms with Gasteiger partial charge in [0, 0.05) is 20.7 Å². The molecule has 0 fully saturated rings. The molecule has 1 aromatic carbocycles. The molecule has 0 aliphatic carbocycles. The van der Waals surface area contributed by atoms with Gasteiger partial charge in [-0.1, -0.05) is 62.9 Å². The van der Waals surface area contributed by atoms with Crippen molar-refractivity contribution in [3.63, 3.8) is 0 Å². The maximum absolute atomic E-state index is 13.3. The molecule has 0 amide bonds. The van der Waals surface area contributed by atoms with E-state index < -0.39 is 0 Å². The van der Waals surface area contributed by atoms with E-state index in [2.05, 4.69) is 32.2 Å². The molecule has 3 aromatic rings. The highest BCUT2D eigenvalue weighted by Gasteiger charge is 2.14. The normalized spacial score (nSPS) is 13.5. The lowest BCUT2D eigenvalue weighted by molar-refractivity contribution is -0.110. The molecule has 1 atom stereocenters. The summed E-state index contributed by atoms with van der Waals surface area (Å²) in [7, 11) is 0. The number of allylic oxidation sites excluding steroid dienone is 5. The molecule has 0 N–H and O–H groups in total. The molecule has 0 aliphatic rings. The molecule has 34 heavy (non-hydrogen) atoms. The first-order chi connectivity index (χ1) is 16.5. The Morgan fingerprint density at radius 2 is 1.88 bits per heavy atom. The Hall–Kier alpha value is -2.82. The smallest absolute Gasteiger partial charge is 0.178 e.